The Morgan fingerprint density at radius 1 is 1.28 bits per heavy atom. The standard InChI is InChI=1S/C17H26F3N3OS/c1-21-13-4-2-12(3-5-13)6-8-23-9-7-15-14(10-23)22-16(25-15)24-11-17(18,19)20/h12-13,21H,2-11H2,1H3. The van der Waals surface area contributed by atoms with Crippen molar-refractivity contribution in [2.45, 2.75) is 57.3 Å². The maximum atomic E-state index is 12.3. The van der Waals surface area contributed by atoms with E-state index in [0.29, 0.717) is 6.04 Å². The first-order chi connectivity index (χ1) is 11.9. The fraction of sp³-hybridized carbons (Fsp3) is 0.824. The van der Waals surface area contributed by atoms with Crippen LogP contribution in [0.5, 0.6) is 5.19 Å². The fourth-order valence-electron chi connectivity index (χ4n) is 3.73. The number of halogens is 3. The van der Waals surface area contributed by atoms with E-state index >= 15 is 0 Å². The van der Waals surface area contributed by atoms with E-state index in [9.17, 15) is 13.2 Å². The molecule has 1 aliphatic carbocycles. The molecule has 142 valence electrons. The van der Waals surface area contributed by atoms with Gasteiger partial charge in [-0.2, -0.15) is 13.2 Å². The van der Waals surface area contributed by atoms with Gasteiger partial charge in [-0.25, -0.2) is 4.98 Å². The monoisotopic (exact) mass is 377 g/mol. The van der Waals surface area contributed by atoms with Crippen molar-refractivity contribution in [1.29, 1.82) is 0 Å². The summed E-state index contributed by atoms with van der Waals surface area (Å²) in [4.78, 5) is 7.71. The van der Waals surface area contributed by atoms with Crippen LogP contribution in [-0.4, -0.2) is 48.8 Å². The molecule has 0 bridgehead atoms. The van der Waals surface area contributed by atoms with Crippen LogP contribution >= 0.6 is 11.3 Å². The van der Waals surface area contributed by atoms with Crippen LogP contribution < -0.4 is 10.1 Å². The predicted molar refractivity (Wildman–Crippen MR) is 92.1 cm³/mol. The van der Waals surface area contributed by atoms with Gasteiger partial charge >= 0.3 is 6.18 Å². The second-order valence-electron chi connectivity index (χ2n) is 7.07. The first kappa shape index (κ1) is 18.9. The topological polar surface area (TPSA) is 37.4 Å². The molecule has 4 nitrogen and oxygen atoms in total. The highest BCUT2D eigenvalue weighted by atomic mass is 32.1. The minimum absolute atomic E-state index is 0.148. The summed E-state index contributed by atoms with van der Waals surface area (Å²) in [6.45, 7) is 1.47. The molecule has 1 saturated carbocycles. The summed E-state index contributed by atoms with van der Waals surface area (Å²) in [6.07, 6.45) is 2.84. The molecule has 25 heavy (non-hydrogen) atoms. The van der Waals surface area contributed by atoms with E-state index in [-0.39, 0.29) is 5.19 Å². The van der Waals surface area contributed by atoms with Crippen LogP contribution in [0.3, 0.4) is 0 Å². The van der Waals surface area contributed by atoms with Crippen LogP contribution in [0.1, 0.15) is 42.7 Å². The van der Waals surface area contributed by atoms with Gasteiger partial charge in [0.25, 0.3) is 5.19 Å². The Bertz CT molecular complexity index is 556. The summed E-state index contributed by atoms with van der Waals surface area (Å²) >= 11 is 1.26. The summed E-state index contributed by atoms with van der Waals surface area (Å²) in [6, 6.07) is 0.680. The highest BCUT2D eigenvalue weighted by Crippen LogP contribution is 2.32. The number of rotatable bonds is 6. The molecule has 0 aromatic carbocycles. The van der Waals surface area contributed by atoms with E-state index < -0.39 is 12.8 Å². The molecule has 0 spiro atoms. The number of thiazole rings is 1. The van der Waals surface area contributed by atoms with Crippen molar-refractivity contribution < 1.29 is 17.9 Å². The Hall–Kier alpha value is -0.860. The van der Waals surface area contributed by atoms with Gasteiger partial charge in [0.2, 0.25) is 0 Å². The lowest BCUT2D eigenvalue weighted by atomic mass is 9.84. The van der Waals surface area contributed by atoms with Crippen molar-refractivity contribution in [3.63, 3.8) is 0 Å². The van der Waals surface area contributed by atoms with Crippen molar-refractivity contribution >= 4 is 11.3 Å². The Morgan fingerprint density at radius 3 is 2.72 bits per heavy atom. The van der Waals surface area contributed by atoms with Gasteiger partial charge in [-0.3, -0.25) is 4.90 Å². The molecule has 3 rings (SSSR count). The maximum absolute atomic E-state index is 12.3. The molecule has 0 saturated heterocycles. The Labute approximate surface area is 150 Å². The third kappa shape index (κ3) is 5.56. The number of aromatic nitrogens is 1. The van der Waals surface area contributed by atoms with Crippen LogP contribution in [0, 0.1) is 5.92 Å². The molecule has 0 atom stereocenters. The van der Waals surface area contributed by atoms with Crippen molar-refractivity contribution in [2.24, 2.45) is 5.92 Å². The van der Waals surface area contributed by atoms with Crippen LogP contribution in [0.15, 0.2) is 0 Å². The molecule has 1 aliphatic heterocycles. The first-order valence-electron chi connectivity index (χ1n) is 9.00. The highest BCUT2D eigenvalue weighted by molar-refractivity contribution is 7.13. The van der Waals surface area contributed by atoms with Gasteiger partial charge in [-0.1, -0.05) is 11.3 Å². The number of nitrogens with zero attached hydrogens (tertiary/aromatic N) is 2. The van der Waals surface area contributed by atoms with Gasteiger partial charge in [0.05, 0.1) is 5.69 Å². The molecule has 0 radical (unpaired) electrons. The number of fused-ring (bicyclic) bond motifs is 1. The molecule has 0 amide bonds. The van der Waals surface area contributed by atoms with Crippen LogP contribution in [0.25, 0.3) is 0 Å². The van der Waals surface area contributed by atoms with Gasteiger partial charge in [-0.15, -0.1) is 0 Å². The average molecular weight is 377 g/mol. The first-order valence-corrected chi connectivity index (χ1v) is 9.82. The molecule has 2 aliphatic rings. The number of nitrogens with one attached hydrogen (secondary N) is 1. The van der Waals surface area contributed by atoms with Gasteiger partial charge < -0.3 is 10.1 Å². The molecule has 8 heteroatoms. The fourth-order valence-corrected chi connectivity index (χ4v) is 4.64. The molecular formula is C17H26F3N3OS. The largest absolute Gasteiger partial charge is 0.460 e. The minimum Gasteiger partial charge on any atom is -0.460 e. The highest BCUT2D eigenvalue weighted by Gasteiger charge is 2.30. The zero-order valence-corrected chi connectivity index (χ0v) is 15.4. The Balaban J connectivity index is 1.44. The Morgan fingerprint density at radius 2 is 2.04 bits per heavy atom. The average Bonchev–Trinajstić information content (AvgIpc) is 3.00. The van der Waals surface area contributed by atoms with Crippen molar-refractivity contribution in [1.82, 2.24) is 15.2 Å². The van der Waals surface area contributed by atoms with E-state index in [1.54, 1.807) is 0 Å². The lowest BCUT2D eigenvalue weighted by molar-refractivity contribution is -0.153. The normalized spacial score (nSPS) is 25.0. The summed E-state index contributed by atoms with van der Waals surface area (Å²) in [5.74, 6) is 0.798. The molecule has 0 unspecified atom stereocenters. The summed E-state index contributed by atoms with van der Waals surface area (Å²) < 4.78 is 41.5. The van der Waals surface area contributed by atoms with E-state index in [0.717, 1.165) is 42.5 Å². The third-order valence-electron chi connectivity index (χ3n) is 5.25. The summed E-state index contributed by atoms with van der Waals surface area (Å²) in [5.41, 5.74) is 0.896. The maximum Gasteiger partial charge on any atom is 0.422 e. The molecule has 2 heterocycles. The smallest absolute Gasteiger partial charge is 0.422 e. The zero-order chi connectivity index (χ0) is 17.9. The van der Waals surface area contributed by atoms with E-state index in [2.05, 4.69) is 15.2 Å². The third-order valence-corrected chi connectivity index (χ3v) is 6.32. The molecule has 1 aromatic rings. The van der Waals surface area contributed by atoms with Gasteiger partial charge in [-0.05, 0) is 58.0 Å². The van der Waals surface area contributed by atoms with Crippen LogP contribution in [0.4, 0.5) is 13.2 Å². The van der Waals surface area contributed by atoms with Crippen molar-refractivity contribution in [3.05, 3.63) is 10.6 Å². The van der Waals surface area contributed by atoms with Gasteiger partial charge in [0, 0.05) is 24.0 Å². The molecule has 1 aromatic heterocycles. The predicted octanol–water partition coefficient (Wildman–Crippen LogP) is 3.61. The number of alkyl halides is 3. The van der Waals surface area contributed by atoms with Gasteiger partial charge in [0.1, 0.15) is 0 Å². The van der Waals surface area contributed by atoms with Crippen LogP contribution in [-0.2, 0) is 13.0 Å². The quantitative estimate of drug-likeness (QED) is 0.822. The summed E-state index contributed by atoms with van der Waals surface area (Å²) in [5, 5.41) is 3.51. The van der Waals surface area contributed by atoms with E-state index in [1.807, 2.05) is 7.05 Å². The Kier molecular flexibility index (Phi) is 6.22. The number of hydrogen-bond donors (Lipinski definition) is 1. The minimum atomic E-state index is -4.31. The lowest BCUT2D eigenvalue weighted by Gasteiger charge is -2.31. The lowest BCUT2D eigenvalue weighted by Crippen LogP contribution is -2.34. The SMILES string of the molecule is CNC1CCC(CCN2CCc3sc(OCC(F)(F)F)nc3C2)CC1. The zero-order valence-electron chi connectivity index (χ0n) is 14.6. The molecule has 1 N–H and O–H groups in total. The van der Waals surface area contributed by atoms with Crippen molar-refractivity contribution in [2.75, 3.05) is 26.7 Å². The molecular weight excluding hydrogens is 351 g/mol. The van der Waals surface area contributed by atoms with Gasteiger partial charge in [0.15, 0.2) is 6.61 Å². The number of ether oxygens (including phenoxy) is 1. The second kappa shape index (κ2) is 8.22. The van der Waals surface area contributed by atoms with Crippen LogP contribution in [0.2, 0.25) is 0 Å². The summed E-state index contributed by atoms with van der Waals surface area (Å²) in [7, 11) is 2.04. The van der Waals surface area contributed by atoms with Crippen molar-refractivity contribution in [3.8, 4) is 5.19 Å². The second-order valence-corrected chi connectivity index (χ2v) is 8.12. The van der Waals surface area contributed by atoms with E-state index in [1.165, 1.54) is 43.4 Å². The van der Waals surface area contributed by atoms with E-state index in [4.69, 9.17) is 4.74 Å². The number of hydrogen-bond acceptors (Lipinski definition) is 5. The molecule has 1 fully saturated rings.